The second-order valence-corrected chi connectivity index (χ2v) is 4.12. The largest absolute Gasteiger partial charge is 0.466 e. The summed E-state index contributed by atoms with van der Waals surface area (Å²) in [6.07, 6.45) is 4.06. The minimum Gasteiger partial charge on any atom is -0.466 e. The predicted molar refractivity (Wildman–Crippen MR) is 61.3 cm³/mol. The minimum absolute atomic E-state index is 0.163. The molecule has 0 amide bonds. The van der Waals surface area contributed by atoms with Gasteiger partial charge in [-0.2, -0.15) is 0 Å². The number of nitrogens with zero attached hydrogens (tertiary/aromatic N) is 1. The van der Waals surface area contributed by atoms with Gasteiger partial charge in [0.2, 0.25) is 0 Å². The first kappa shape index (κ1) is 10.4. The highest BCUT2D eigenvalue weighted by Gasteiger charge is 2.14. The molecule has 0 aliphatic heterocycles. The molecule has 0 saturated carbocycles. The second-order valence-electron chi connectivity index (χ2n) is 3.26. The van der Waals surface area contributed by atoms with E-state index in [-0.39, 0.29) is 6.04 Å². The van der Waals surface area contributed by atoms with Crippen molar-refractivity contribution in [3.8, 4) is 0 Å². The van der Waals surface area contributed by atoms with Gasteiger partial charge in [0.1, 0.15) is 5.76 Å². The summed E-state index contributed by atoms with van der Waals surface area (Å²) in [6, 6.07) is 7.47. The van der Waals surface area contributed by atoms with Crippen molar-refractivity contribution < 1.29 is 4.42 Å². The molecule has 0 fully saturated rings. The molecular formula is C11H11BrN2O. The fourth-order valence-corrected chi connectivity index (χ4v) is 1.90. The normalized spacial score (nSPS) is 12.7. The molecule has 2 rings (SSSR count). The highest BCUT2D eigenvalue weighted by atomic mass is 79.9. The first-order chi connectivity index (χ1) is 7.27. The number of halogens is 1. The second kappa shape index (κ2) is 4.59. The van der Waals surface area contributed by atoms with Crippen LogP contribution in [0.15, 0.2) is 45.6 Å². The molecule has 1 unspecified atom stereocenters. The Kier molecular flexibility index (Phi) is 3.18. The number of pyridine rings is 1. The number of nitrogens with two attached hydrogens (primary N) is 1. The summed E-state index contributed by atoms with van der Waals surface area (Å²) in [5.41, 5.74) is 6.97. The van der Waals surface area contributed by atoms with Crippen molar-refractivity contribution in [1.82, 2.24) is 4.98 Å². The molecule has 0 saturated heterocycles. The highest BCUT2D eigenvalue weighted by Crippen LogP contribution is 2.24. The summed E-state index contributed by atoms with van der Waals surface area (Å²) in [6.45, 7) is 0. The first-order valence-electron chi connectivity index (χ1n) is 4.66. The third-order valence-corrected chi connectivity index (χ3v) is 2.79. The molecule has 0 aliphatic carbocycles. The van der Waals surface area contributed by atoms with Crippen LogP contribution in [0.25, 0.3) is 0 Å². The van der Waals surface area contributed by atoms with Crippen molar-refractivity contribution in [3.63, 3.8) is 0 Å². The summed E-state index contributed by atoms with van der Waals surface area (Å²) >= 11 is 3.39. The fourth-order valence-electron chi connectivity index (χ4n) is 1.41. The van der Waals surface area contributed by atoms with Crippen molar-refractivity contribution in [2.45, 2.75) is 12.5 Å². The maximum Gasteiger partial charge on any atom is 0.134 e. The molecule has 1 atom stereocenters. The van der Waals surface area contributed by atoms with Gasteiger partial charge in [0.15, 0.2) is 0 Å². The quantitative estimate of drug-likeness (QED) is 0.930. The van der Waals surface area contributed by atoms with Crippen molar-refractivity contribution >= 4 is 15.9 Å². The molecule has 2 aromatic heterocycles. The Balaban J connectivity index is 2.11. The Morgan fingerprint density at radius 1 is 1.40 bits per heavy atom. The molecule has 3 nitrogen and oxygen atoms in total. The Hall–Kier alpha value is -1.13. The van der Waals surface area contributed by atoms with E-state index < -0.39 is 0 Å². The van der Waals surface area contributed by atoms with Gasteiger partial charge in [-0.1, -0.05) is 6.07 Å². The zero-order valence-electron chi connectivity index (χ0n) is 8.06. The summed E-state index contributed by atoms with van der Waals surface area (Å²) < 4.78 is 6.21. The zero-order valence-corrected chi connectivity index (χ0v) is 9.65. The van der Waals surface area contributed by atoms with Gasteiger partial charge in [0.05, 0.1) is 16.8 Å². The summed E-state index contributed by atoms with van der Waals surface area (Å²) in [7, 11) is 0. The Morgan fingerprint density at radius 2 is 2.27 bits per heavy atom. The summed E-state index contributed by atoms with van der Waals surface area (Å²) in [5, 5.41) is 0. The molecule has 0 aromatic carbocycles. The van der Waals surface area contributed by atoms with Crippen LogP contribution in [0.3, 0.4) is 0 Å². The monoisotopic (exact) mass is 266 g/mol. The van der Waals surface area contributed by atoms with Crippen LogP contribution in [0.4, 0.5) is 0 Å². The van der Waals surface area contributed by atoms with E-state index in [1.165, 1.54) is 0 Å². The van der Waals surface area contributed by atoms with Gasteiger partial charge in [-0.3, -0.25) is 4.98 Å². The standard InChI is InChI=1S/C11H11BrN2O/c12-9-4-6-15-11(9)10(13)7-8-3-1-2-5-14-8/h1-6,10H,7,13H2. The van der Waals surface area contributed by atoms with E-state index in [2.05, 4.69) is 20.9 Å². The van der Waals surface area contributed by atoms with E-state index in [1.54, 1.807) is 12.5 Å². The lowest BCUT2D eigenvalue weighted by Gasteiger charge is -2.08. The van der Waals surface area contributed by atoms with Gasteiger partial charge >= 0.3 is 0 Å². The van der Waals surface area contributed by atoms with Crippen LogP contribution >= 0.6 is 15.9 Å². The fraction of sp³-hybridized carbons (Fsp3) is 0.182. The van der Waals surface area contributed by atoms with Crippen LogP contribution in [0.1, 0.15) is 17.5 Å². The SMILES string of the molecule is NC(Cc1ccccn1)c1occc1Br. The first-order valence-corrected chi connectivity index (χ1v) is 5.45. The van der Waals surface area contributed by atoms with E-state index in [1.807, 2.05) is 24.3 Å². The van der Waals surface area contributed by atoms with Crippen LogP contribution in [-0.4, -0.2) is 4.98 Å². The lowest BCUT2D eigenvalue weighted by Crippen LogP contribution is -2.13. The van der Waals surface area contributed by atoms with Crippen LogP contribution in [-0.2, 0) is 6.42 Å². The topological polar surface area (TPSA) is 52.0 Å². The molecular weight excluding hydrogens is 256 g/mol. The number of aromatic nitrogens is 1. The Morgan fingerprint density at radius 3 is 2.87 bits per heavy atom. The molecule has 78 valence electrons. The van der Waals surface area contributed by atoms with Gasteiger partial charge in [-0.25, -0.2) is 0 Å². The smallest absolute Gasteiger partial charge is 0.134 e. The maximum absolute atomic E-state index is 6.01. The van der Waals surface area contributed by atoms with Crippen molar-refractivity contribution in [2.75, 3.05) is 0 Å². The molecule has 0 radical (unpaired) electrons. The van der Waals surface area contributed by atoms with Crippen LogP contribution in [0.5, 0.6) is 0 Å². The molecule has 0 aliphatic rings. The van der Waals surface area contributed by atoms with E-state index in [4.69, 9.17) is 10.2 Å². The zero-order chi connectivity index (χ0) is 10.7. The molecule has 2 N–H and O–H groups in total. The third-order valence-electron chi connectivity index (χ3n) is 2.14. The summed E-state index contributed by atoms with van der Waals surface area (Å²) in [4.78, 5) is 4.22. The lowest BCUT2D eigenvalue weighted by molar-refractivity contribution is 0.460. The highest BCUT2D eigenvalue weighted by molar-refractivity contribution is 9.10. The average Bonchev–Trinajstić information content (AvgIpc) is 2.66. The molecule has 15 heavy (non-hydrogen) atoms. The van der Waals surface area contributed by atoms with Crippen molar-refractivity contribution in [1.29, 1.82) is 0 Å². The number of hydrogen-bond acceptors (Lipinski definition) is 3. The molecule has 4 heteroatoms. The van der Waals surface area contributed by atoms with Crippen molar-refractivity contribution in [2.24, 2.45) is 5.73 Å². The van der Waals surface area contributed by atoms with Crippen molar-refractivity contribution in [3.05, 3.63) is 52.7 Å². The third kappa shape index (κ3) is 2.46. The summed E-state index contributed by atoms with van der Waals surface area (Å²) in [5.74, 6) is 0.764. The number of hydrogen-bond donors (Lipinski definition) is 1. The molecule has 2 heterocycles. The van der Waals surface area contributed by atoms with E-state index >= 15 is 0 Å². The van der Waals surface area contributed by atoms with E-state index in [0.29, 0.717) is 6.42 Å². The van der Waals surface area contributed by atoms with Gasteiger partial charge in [-0.05, 0) is 34.1 Å². The Labute approximate surface area is 96.4 Å². The van der Waals surface area contributed by atoms with Gasteiger partial charge in [0, 0.05) is 18.3 Å². The molecule has 0 bridgehead atoms. The Bertz CT molecular complexity index is 427. The van der Waals surface area contributed by atoms with Crippen LogP contribution < -0.4 is 5.73 Å². The van der Waals surface area contributed by atoms with Gasteiger partial charge in [0.25, 0.3) is 0 Å². The maximum atomic E-state index is 6.01. The molecule has 0 spiro atoms. The number of furan rings is 1. The minimum atomic E-state index is -0.163. The number of rotatable bonds is 3. The van der Waals surface area contributed by atoms with E-state index in [0.717, 1.165) is 15.9 Å². The van der Waals surface area contributed by atoms with Crippen LogP contribution in [0, 0.1) is 0 Å². The molecule has 2 aromatic rings. The average molecular weight is 267 g/mol. The van der Waals surface area contributed by atoms with Crippen LogP contribution in [0.2, 0.25) is 0 Å². The van der Waals surface area contributed by atoms with Gasteiger partial charge < -0.3 is 10.2 Å². The van der Waals surface area contributed by atoms with Gasteiger partial charge in [-0.15, -0.1) is 0 Å². The lowest BCUT2D eigenvalue weighted by atomic mass is 10.1. The predicted octanol–water partition coefficient (Wildman–Crippen LogP) is 2.68. The van der Waals surface area contributed by atoms with E-state index in [9.17, 15) is 0 Å².